The average Bonchev–Trinajstić information content (AvgIpc) is 3.15. The number of hydrogen-bond acceptors (Lipinski definition) is 7. The van der Waals surface area contributed by atoms with Crippen LogP contribution in [0.3, 0.4) is 0 Å². The van der Waals surface area contributed by atoms with Crippen LogP contribution >= 0.6 is 11.6 Å². The number of carbonyl (C=O) groups is 3. The number of aliphatic hydroxyl groups is 1. The third-order valence-corrected chi connectivity index (χ3v) is 8.11. The summed E-state index contributed by atoms with van der Waals surface area (Å²) < 4.78 is 37.2. The minimum absolute atomic E-state index is 0.0309. The highest BCUT2D eigenvalue weighted by Gasteiger charge is 2.50. The Morgan fingerprint density at radius 3 is 2.12 bits per heavy atom. The van der Waals surface area contributed by atoms with E-state index < -0.39 is 48.1 Å². The monoisotopic (exact) mass is 729 g/mol. The third-order valence-electron chi connectivity index (χ3n) is 7.88. The molecule has 0 spiro atoms. The predicted octanol–water partition coefficient (Wildman–Crippen LogP) is 5.35. The lowest BCUT2D eigenvalue weighted by Crippen LogP contribution is -2.58. The van der Waals surface area contributed by atoms with E-state index in [0.717, 1.165) is 10.8 Å². The van der Waals surface area contributed by atoms with Crippen LogP contribution in [0.15, 0.2) is 126 Å². The van der Waals surface area contributed by atoms with Crippen molar-refractivity contribution in [1.29, 1.82) is 0 Å². The van der Waals surface area contributed by atoms with Gasteiger partial charge in [0, 0.05) is 17.1 Å². The van der Waals surface area contributed by atoms with Gasteiger partial charge in [-0.15, -0.1) is 0 Å². The molecule has 0 bridgehead atoms. The van der Waals surface area contributed by atoms with Crippen molar-refractivity contribution in [2.45, 2.75) is 44.2 Å². The van der Waals surface area contributed by atoms with E-state index in [1.54, 1.807) is 109 Å². The van der Waals surface area contributed by atoms with Crippen molar-refractivity contribution < 1.29 is 33.0 Å². The fourth-order valence-corrected chi connectivity index (χ4v) is 5.43. The lowest BCUT2D eigenvalue weighted by Gasteiger charge is -2.30. The summed E-state index contributed by atoms with van der Waals surface area (Å²) in [6.45, 7) is -1.09. The van der Waals surface area contributed by atoms with Crippen LogP contribution in [0, 0.1) is 0 Å². The summed E-state index contributed by atoms with van der Waals surface area (Å²) in [7, 11) is 0. The first kappa shape index (κ1) is 37.3. The molecule has 5 aromatic rings. The van der Waals surface area contributed by atoms with E-state index in [1.807, 2.05) is 0 Å². The summed E-state index contributed by atoms with van der Waals surface area (Å²) in [5.41, 5.74) is 0.865. The van der Waals surface area contributed by atoms with Crippen molar-refractivity contribution >= 4 is 35.2 Å². The molecule has 2 unspecified atom stereocenters. The van der Waals surface area contributed by atoms with E-state index in [2.05, 4.69) is 20.9 Å². The Labute approximate surface area is 302 Å². The SMILES string of the molecule is O=C(Cn1c(-c2cccc(Cl)c2)ncc(NC(=O)OCc2ccccc2)c1=O)NC(Cc1ccccc1)C(O)C(F)(F)C(=O)NCc1ccccc1. The summed E-state index contributed by atoms with van der Waals surface area (Å²) in [4.78, 5) is 57.0. The van der Waals surface area contributed by atoms with Crippen molar-refractivity contribution in [3.05, 3.63) is 154 Å². The molecule has 2 atom stereocenters. The first-order valence-corrected chi connectivity index (χ1v) is 16.4. The Balaban J connectivity index is 1.39. The number of alkyl halides is 2. The van der Waals surface area contributed by atoms with Crippen LogP contribution < -0.4 is 21.5 Å². The molecule has 0 saturated heterocycles. The fourth-order valence-electron chi connectivity index (χ4n) is 5.24. The number of rotatable bonds is 14. The number of benzene rings is 4. The van der Waals surface area contributed by atoms with Gasteiger partial charge >= 0.3 is 12.0 Å². The van der Waals surface area contributed by atoms with Crippen LogP contribution in [0.25, 0.3) is 11.4 Å². The number of amides is 3. The molecule has 0 aliphatic rings. The van der Waals surface area contributed by atoms with Crippen molar-refractivity contribution in [3.8, 4) is 11.4 Å². The fraction of sp³-hybridized carbons (Fsp3) is 0.184. The van der Waals surface area contributed by atoms with Gasteiger partial charge in [-0.25, -0.2) is 9.78 Å². The number of nitrogens with zero attached hydrogens (tertiary/aromatic N) is 2. The van der Waals surface area contributed by atoms with Crippen LogP contribution in [0.2, 0.25) is 5.02 Å². The molecule has 14 heteroatoms. The topological polar surface area (TPSA) is 152 Å². The van der Waals surface area contributed by atoms with Gasteiger partial charge in [0.15, 0.2) is 0 Å². The molecule has 4 N–H and O–H groups in total. The van der Waals surface area contributed by atoms with Crippen LogP contribution in [-0.2, 0) is 40.4 Å². The normalized spacial score (nSPS) is 12.3. The molecule has 0 saturated carbocycles. The molecule has 1 heterocycles. The molecule has 0 fully saturated rings. The molecule has 268 valence electrons. The first-order valence-electron chi connectivity index (χ1n) is 16.1. The van der Waals surface area contributed by atoms with Gasteiger partial charge in [0.2, 0.25) is 5.91 Å². The van der Waals surface area contributed by atoms with Crippen molar-refractivity contribution in [3.63, 3.8) is 0 Å². The van der Waals surface area contributed by atoms with Gasteiger partial charge in [-0.2, -0.15) is 8.78 Å². The van der Waals surface area contributed by atoms with Crippen LogP contribution in [0.5, 0.6) is 0 Å². The highest BCUT2D eigenvalue weighted by Crippen LogP contribution is 2.25. The van der Waals surface area contributed by atoms with Gasteiger partial charge in [0.25, 0.3) is 11.5 Å². The van der Waals surface area contributed by atoms with Crippen LogP contribution in [-0.4, -0.2) is 50.6 Å². The van der Waals surface area contributed by atoms with E-state index in [1.165, 1.54) is 6.07 Å². The summed E-state index contributed by atoms with van der Waals surface area (Å²) >= 11 is 6.18. The molecular weight excluding hydrogens is 696 g/mol. The molecule has 1 aromatic heterocycles. The maximum Gasteiger partial charge on any atom is 0.412 e. The van der Waals surface area contributed by atoms with Gasteiger partial charge in [0.1, 0.15) is 30.8 Å². The summed E-state index contributed by atoms with van der Waals surface area (Å²) in [6, 6.07) is 30.0. The molecule has 0 radical (unpaired) electrons. The smallest absolute Gasteiger partial charge is 0.412 e. The molecule has 4 aromatic carbocycles. The quantitative estimate of drug-likeness (QED) is 0.120. The number of aromatic nitrogens is 2. The molecule has 11 nitrogen and oxygen atoms in total. The Kier molecular flexibility index (Phi) is 12.4. The molecular formula is C38H34ClF2N5O6. The number of nitrogens with one attached hydrogen (secondary N) is 3. The van der Waals surface area contributed by atoms with Gasteiger partial charge < -0.3 is 20.5 Å². The first-order chi connectivity index (χ1) is 25.0. The van der Waals surface area contributed by atoms with Crippen LogP contribution in [0.4, 0.5) is 19.3 Å². The highest BCUT2D eigenvalue weighted by molar-refractivity contribution is 6.30. The standard InChI is InChI=1S/C38H34ClF2N5O6/c39-29-18-10-17-28(20-29)34-42-22-31(45-37(51)52-24-27-15-8-3-9-16-27)35(49)46(34)23-32(47)44-30(19-25-11-4-1-5-12-25)33(48)38(40,41)36(50)43-21-26-13-6-2-7-14-26/h1-18,20,22,30,33,48H,19,21,23-24H2,(H,43,50)(H,44,47)(H,45,51). The van der Waals surface area contributed by atoms with E-state index in [9.17, 15) is 24.3 Å². The van der Waals surface area contributed by atoms with E-state index in [0.29, 0.717) is 27.3 Å². The van der Waals surface area contributed by atoms with Gasteiger partial charge in [0.05, 0.1) is 12.2 Å². The number of aliphatic hydroxyl groups excluding tert-OH is 1. The zero-order valence-corrected chi connectivity index (χ0v) is 28.3. The number of hydrogen-bond donors (Lipinski definition) is 4. The zero-order valence-electron chi connectivity index (χ0n) is 27.5. The Bertz CT molecular complexity index is 2050. The third kappa shape index (κ3) is 9.86. The summed E-state index contributed by atoms with van der Waals surface area (Å²) in [5, 5.41) is 18.2. The summed E-state index contributed by atoms with van der Waals surface area (Å²) in [5.74, 6) is -7.08. The maximum atomic E-state index is 15.5. The second-order valence-corrected chi connectivity index (χ2v) is 12.1. The van der Waals surface area contributed by atoms with Crippen molar-refractivity contribution in [2.75, 3.05) is 5.32 Å². The van der Waals surface area contributed by atoms with E-state index >= 15 is 8.78 Å². The molecule has 0 aliphatic heterocycles. The molecule has 52 heavy (non-hydrogen) atoms. The largest absolute Gasteiger partial charge is 0.444 e. The zero-order chi connectivity index (χ0) is 37.1. The molecule has 0 aliphatic carbocycles. The molecule has 5 rings (SSSR count). The summed E-state index contributed by atoms with van der Waals surface area (Å²) in [6.07, 6.45) is -2.85. The number of carbonyl (C=O) groups excluding carboxylic acids is 3. The van der Waals surface area contributed by atoms with E-state index in [4.69, 9.17) is 16.3 Å². The number of halogens is 3. The van der Waals surface area contributed by atoms with Crippen molar-refractivity contribution in [1.82, 2.24) is 20.2 Å². The Morgan fingerprint density at radius 2 is 1.48 bits per heavy atom. The van der Waals surface area contributed by atoms with E-state index in [-0.39, 0.29) is 31.1 Å². The lowest BCUT2D eigenvalue weighted by molar-refractivity contribution is -0.168. The average molecular weight is 730 g/mol. The Morgan fingerprint density at radius 1 is 0.865 bits per heavy atom. The minimum Gasteiger partial charge on any atom is -0.444 e. The number of anilines is 1. The minimum atomic E-state index is -4.34. The number of ether oxygens (including phenoxy) is 1. The highest BCUT2D eigenvalue weighted by atomic mass is 35.5. The lowest BCUT2D eigenvalue weighted by atomic mass is 9.96. The van der Waals surface area contributed by atoms with Crippen molar-refractivity contribution in [2.24, 2.45) is 0 Å². The predicted molar refractivity (Wildman–Crippen MR) is 191 cm³/mol. The second kappa shape index (κ2) is 17.3. The van der Waals surface area contributed by atoms with Gasteiger partial charge in [-0.3, -0.25) is 24.3 Å². The van der Waals surface area contributed by atoms with Gasteiger partial charge in [-0.05, 0) is 35.2 Å². The second-order valence-electron chi connectivity index (χ2n) is 11.7. The van der Waals surface area contributed by atoms with Gasteiger partial charge in [-0.1, -0.05) is 115 Å². The maximum absolute atomic E-state index is 15.5. The Hall–Kier alpha value is -5.92. The molecule has 3 amide bonds. The van der Waals surface area contributed by atoms with Crippen LogP contribution in [0.1, 0.15) is 16.7 Å².